The van der Waals surface area contributed by atoms with Crippen molar-refractivity contribution in [3.05, 3.63) is 34.9 Å². The van der Waals surface area contributed by atoms with Crippen LogP contribution in [-0.4, -0.2) is 28.7 Å². The molecular formula is C24H32FNO3. The monoisotopic (exact) mass is 401 g/mol. The van der Waals surface area contributed by atoms with E-state index < -0.39 is 17.1 Å². The lowest BCUT2D eigenvalue weighted by Gasteiger charge is -2.57. The van der Waals surface area contributed by atoms with Crippen molar-refractivity contribution in [3.8, 4) is 0 Å². The number of aliphatic carboxylic acids is 1. The number of carbonyl (C=O) groups excluding carboxylic acids is 1. The SMILES string of the molecule is Cc1cc(CCC(=O)O)cc(C(C)(C)C(=O)NC2C3CC4C[C@H]2CC(F)(C4)C3)c1. The lowest BCUT2D eigenvalue weighted by Crippen LogP contribution is -2.61. The lowest BCUT2D eigenvalue weighted by molar-refractivity contribution is -0.137. The molecule has 0 heterocycles. The maximum absolute atomic E-state index is 15.0. The number of carboxylic acid groups (broad SMARTS) is 1. The summed E-state index contributed by atoms with van der Waals surface area (Å²) in [6.45, 7) is 5.82. The largest absolute Gasteiger partial charge is 0.481 e. The summed E-state index contributed by atoms with van der Waals surface area (Å²) in [5.41, 5.74) is 1.14. The van der Waals surface area contributed by atoms with Crippen LogP contribution in [-0.2, 0) is 21.4 Å². The van der Waals surface area contributed by atoms with Crippen LogP contribution in [0.15, 0.2) is 18.2 Å². The summed E-state index contributed by atoms with van der Waals surface area (Å²) >= 11 is 0. The van der Waals surface area contributed by atoms with Crippen LogP contribution in [0.1, 0.15) is 69.1 Å². The first-order chi connectivity index (χ1) is 13.6. The van der Waals surface area contributed by atoms with Gasteiger partial charge in [0.25, 0.3) is 0 Å². The number of halogens is 1. The van der Waals surface area contributed by atoms with E-state index in [4.69, 9.17) is 5.11 Å². The Balaban J connectivity index is 1.50. The number of carboxylic acids is 1. The third-order valence-corrected chi connectivity index (χ3v) is 7.55. The van der Waals surface area contributed by atoms with Crippen LogP contribution in [0.25, 0.3) is 0 Å². The van der Waals surface area contributed by atoms with E-state index in [1.807, 2.05) is 39.0 Å². The summed E-state index contributed by atoms with van der Waals surface area (Å²) in [6.07, 6.45) is 4.51. The number of hydrogen-bond acceptors (Lipinski definition) is 2. The van der Waals surface area contributed by atoms with Gasteiger partial charge < -0.3 is 10.4 Å². The molecule has 1 amide bonds. The molecule has 5 atom stereocenters. The predicted molar refractivity (Wildman–Crippen MR) is 109 cm³/mol. The first kappa shape index (κ1) is 20.4. The van der Waals surface area contributed by atoms with Crippen LogP contribution >= 0.6 is 0 Å². The van der Waals surface area contributed by atoms with E-state index in [0.29, 0.717) is 31.6 Å². The molecule has 1 aromatic rings. The minimum Gasteiger partial charge on any atom is -0.481 e. The van der Waals surface area contributed by atoms with Gasteiger partial charge in [-0.25, -0.2) is 4.39 Å². The number of alkyl halides is 1. The van der Waals surface area contributed by atoms with Gasteiger partial charge in [-0.05, 0) is 88.2 Å². The van der Waals surface area contributed by atoms with Crippen molar-refractivity contribution < 1.29 is 19.1 Å². The zero-order valence-electron chi connectivity index (χ0n) is 17.6. The second-order valence-corrected chi connectivity index (χ2v) is 10.3. The highest BCUT2D eigenvalue weighted by atomic mass is 19.1. The van der Waals surface area contributed by atoms with Gasteiger partial charge in [-0.3, -0.25) is 9.59 Å². The Bertz CT molecular complexity index is 817. The molecule has 158 valence electrons. The minimum atomic E-state index is -0.997. The van der Waals surface area contributed by atoms with Crippen LogP contribution in [0, 0.1) is 24.7 Å². The molecular weight excluding hydrogens is 369 g/mol. The molecule has 4 aliphatic rings. The third kappa shape index (κ3) is 3.93. The minimum absolute atomic E-state index is 0.0160. The molecule has 1 aromatic carbocycles. The molecule has 4 nitrogen and oxygen atoms in total. The molecule has 0 radical (unpaired) electrons. The highest BCUT2D eigenvalue weighted by Crippen LogP contribution is 2.57. The van der Waals surface area contributed by atoms with Gasteiger partial charge in [0, 0.05) is 12.5 Å². The molecule has 4 aliphatic carbocycles. The van der Waals surface area contributed by atoms with Crippen molar-refractivity contribution in [2.75, 3.05) is 0 Å². The highest BCUT2D eigenvalue weighted by molar-refractivity contribution is 5.87. The third-order valence-electron chi connectivity index (χ3n) is 7.55. The topological polar surface area (TPSA) is 66.4 Å². The van der Waals surface area contributed by atoms with Gasteiger partial charge in [0.1, 0.15) is 5.67 Å². The van der Waals surface area contributed by atoms with Crippen molar-refractivity contribution in [2.24, 2.45) is 17.8 Å². The summed E-state index contributed by atoms with van der Waals surface area (Å²) in [6, 6.07) is 6.04. The lowest BCUT2D eigenvalue weighted by atomic mass is 9.53. The second-order valence-electron chi connectivity index (χ2n) is 10.3. The summed E-state index contributed by atoms with van der Waals surface area (Å²) in [5, 5.41) is 12.3. The van der Waals surface area contributed by atoms with E-state index in [2.05, 4.69) is 5.32 Å². The number of benzene rings is 1. The first-order valence-electron chi connectivity index (χ1n) is 10.9. The van der Waals surface area contributed by atoms with Crippen molar-refractivity contribution in [1.29, 1.82) is 0 Å². The van der Waals surface area contributed by atoms with Crippen molar-refractivity contribution in [2.45, 2.75) is 82.8 Å². The maximum atomic E-state index is 15.0. The summed E-state index contributed by atoms with van der Waals surface area (Å²) in [5.74, 6) is 0.173. The molecule has 0 aromatic heterocycles. The van der Waals surface area contributed by atoms with Gasteiger partial charge in [0.2, 0.25) is 5.91 Å². The van der Waals surface area contributed by atoms with Crippen LogP contribution < -0.4 is 5.32 Å². The average Bonchev–Trinajstić information content (AvgIpc) is 2.61. The molecule has 0 saturated heterocycles. The van der Waals surface area contributed by atoms with E-state index >= 15 is 0 Å². The van der Waals surface area contributed by atoms with Crippen LogP contribution in [0.3, 0.4) is 0 Å². The second kappa shape index (κ2) is 7.10. The fourth-order valence-electron chi connectivity index (χ4n) is 6.24. The van der Waals surface area contributed by atoms with Gasteiger partial charge in [-0.1, -0.05) is 23.8 Å². The van der Waals surface area contributed by atoms with E-state index in [-0.39, 0.29) is 30.2 Å². The Hall–Kier alpha value is -1.91. The number of rotatable bonds is 6. The summed E-state index contributed by atoms with van der Waals surface area (Å²) in [4.78, 5) is 24.2. The van der Waals surface area contributed by atoms with Gasteiger partial charge >= 0.3 is 5.97 Å². The zero-order chi connectivity index (χ0) is 21.0. The Morgan fingerprint density at radius 3 is 2.41 bits per heavy atom. The molecule has 4 saturated carbocycles. The summed E-state index contributed by atoms with van der Waals surface area (Å²) < 4.78 is 15.0. The number of nitrogens with one attached hydrogen (secondary N) is 1. The van der Waals surface area contributed by atoms with E-state index in [1.165, 1.54) is 0 Å². The maximum Gasteiger partial charge on any atom is 0.303 e. The van der Waals surface area contributed by atoms with Gasteiger partial charge in [0.05, 0.1) is 5.41 Å². The van der Waals surface area contributed by atoms with E-state index in [0.717, 1.165) is 29.5 Å². The summed E-state index contributed by atoms with van der Waals surface area (Å²) in [7, 11) is 0. The predicted octanol–water partition coefficient (Wildman–Crippen LogP) is 4.32. The molecule has 0 aliphatic heterocycles. The van der Waals surface area contributed by atoms with Crippen molar-refractivity contribution >= 4 is 11.9 Å². The number of amides is 1. The van der Waals surface area contributed by atoms with Crippen LogP contribution in [0.4, 0.5) is 4.39 Å². The van der Waals surface area contributed by atoms with Gasteiger partial charge in [-0.2, -0.15) is 0 Å². The highest BCUT2D eigenvalue weighted by Gasteiger charge is 2.56. The quantitative estimate of drug-likeness (QED) is 0.746. The average molecular weight is 402 g/mol. The number of hydrogen-bond donors (Lipinski definition) is 2. The van der Waals surface area contributed by atoms with Crippen molar-refractivity contribution in [3.63, 3.8) is 0 Å². The molecule has 29 heavy (non-hydrogen) atoms. The smallest absolute Gasteiger partial charge is 0.303 e. The Morgan fingerprint density at radius 2 is 1.83 bits per heavy atom. The van der Waals surface area contributed by atoms with E-state index in [1.54, 1.807) is 0 Å². The van der Waals surface area contributed by atoms with Crippen molar-refractivity contribution in [1.82, 2.24) is 5.32 Å². The van der Waals surface area contributed by atoms with Crippen LogP contribution in [0.2, 0.25) is 0 Å². The normalized spacial score (nSPS) is 33.0. The molecule has 4 fully saturated rings. The molecule has 5 heteroatoms. The fourth-order valence-corrected chi connectivity index (χ4v) is 6.24. The van der Waals surface area contributed by atoms with Crippen LogP contribution in [0.5, 0.6) is 0 Å². The van der Waals surface area contributed by atoms with E-state index in [9.17, 15) is 14.0 Å². The fraction of sp³-hybridized carbons (Fsp3) is 0.667. The molecule has 0 spiro atoms. The number of carbonyl (C=O) groups is 2. The molecule has 5 rings (SSSR count). The zero-order valence-corrected chi connectivity index (χ0v) is 17.6. The Kier molecular flexibility index (Phi) is 4.99. The first-order valence-corrected chi connectivity index (χ1v) is 10.9. The van der Waals surface area contributed by atoms with Gasteiger partial charge in [-0.15, -0.1) is 0 Å². The molecule has 4 unspecified atom stereocenters. The molecule has 2 N–H and O–H groups in total. The Labute approximate surface area is 172 Å². The standard InChI is InChI=1S/C24H32FNO3/c1-14-6-15(4-5-20(27)28)10-19(7-14)23(2,3)22(29)26-21-17-8-16-9-18(21)13-24(25,11-16)12-17/h6-7,10,16-18,21H,4-5,8-9,11-13H2,1-3H3,(H,26,29)(H,27,28)/t16?,17-,18?,21?,24?/m0/s1. The Morgan fingerprint density at radius 1 is 1.17 bits per heavy atom. The van der Waals surface area contributed by atoms with Gasteiger partial charge in [0.15, 0.2) is 0 Å². The molecule has 4 bridgehead atoms. The number of aryl methyl sites for hydroxylation is 2.